The summed E-state index contributed by atoms with van der Waals surface area (Å²) < 4.78 is 27.3. The van der Waals surface area contributed by atoms with Crippen LogP contribution >= 0.6 is 0 Å². The van der Waals surface area contributed by atoms with Crippen molar-refractivity contribution < 1.29 is 23.8 Å². The van der Waals surface area contributed by atoms with Crippen LogP contribution in [0.5, 0.6) is 0 Å². The monoisotopic (exact) mass is 543 g/mol. The third-order valence-electron chi connectivity index (χ3n) is 6.67. The number of amides is 1. The molecule has 1 fully saturated rings. The van der Waals surface area contributed by atoms with Crippen LogP contribution in [0.15, 0.2) is 30.5 Å². The number of carboxylic acid groups (broad SMARTS) is 1. The van der Waals surface area contributed by atoms with Crippen molar-refractivity contribution in [3.8, 4) is 11.3 Å². The second-order valence-corrected chi connectivity index (χ2v) is 17.0. The Labute approximate surface area is 224 Å². The molecular formula is C27H38FN5O4Si. The van der Waals surface area contributed by atoms with Crippen molar-refractivity contribution in [3.63, 3.8) is 0 Å². The lowest BCUT2D eigenvalue weighted by Gasteiger charge is -2.38. The molecule has 4 rings (SSSR count). The van der Waals surface area contributed by atoms with Gasteiger partial charge in [-0.15, -0.1) is 0 Å². The number of rotatable bonds is 9. The van der Waals surface area contributed by atoms with Gasteiger partial charge < -0.3 is 24.4 Å². The van der Waals surface area contributed by atoms with Crippen molar-refractivity contribution in [1.29, 1.82) is 0 Å². The normalized spacial score (nSPS) is 17.4. The van der Waals surface area contributed by atoms with Gasteiger partial charge >= 0.3 is 6.09 Å². The number of pyridine rings is 1. The average molecular weight is 544 g/mol. The maximum absolute atomic E-state index is 15.3. The molecule has 1 aliphatic rings. The molecule has 9 nitrogen and oxygen atoms in total. The molecule has 1 aliphatic heterocycles. The Balaban J connectivity index is 1.64. The van der Waals surface area contributed by atoms with Gasteiger partial charge in [-0.1, -0.05) is 19.6 Å². The molecule has 0 aliphatic carbocycles. The van der Waals surface area contributed by atoms with E-state index in [1.54, 1.807) is 12.3 Å². The summed E-state index contributed by atoms with van der Waals surface area (Å²) in [5.41, 5.74) is 2.42. The number of aromatic nitrogens is 3. The summed E-state index contributed by atoms with van der Waals surface area (Å²) in [7, 11) is -1.33. The van der Waals surface area contributed by atoms with Gasteiger partial charge in [0, 0.05) is 69.1 Å². The number of aromatic amines is 1. The maximum Gasteiger partial charge on any atom is 0.407 e. The van der Waals surface area contributed by atoms with Crippen molar-refractivity contribution in [2.75, 3.05) is 31.1 Å². The molecule has 1 amide bonds. The van der Waals surface area contributed by atoms with Crippen LogP contribution in [0.1, 0.15) is 32.6 Å². The molecule has 3 heterocycles. The molecule has 206 valence electrons. The number of hydrogen-bond donors (Lipinski definition) is 2. The second kappa shape index (κ2) is 11.4. The summed E-state index contributed by atoms with van der Waals surface area (Å²) in [6.45, 7) is 14.5. The van der Waals surface area contributed by atoms with E-state index in [0.717, 1.165) is 22.8 Å². The summed E-state index contributed by atoms with van der Waals surface area (Å²) in [6.07, 6.45) is -0.154. The first-order valence-corrected chi connectivity index (χ1v) is 16.8. The molecule has 1 saturated heterocycles. The lowest BCUT2D eigenvalue weighted by molar-refractivity contribution is -0.166. The van der Waals surface area contributed by atoms with Crippen LogP contribution in [0.4, 0.5) is 15.0 Å². The topological polar surface area (TPSA) is 104 Å². The highest BCUT2D eigenvalue weighted by Gasteiger charge is 2.28. The third-order valence-corrected chi connectivity index (χ3v) is 8.37. The second-order valence-electron chi connectivity index (χ2n) is 11.4. The SMILES string of the molecule is CC(C)OC(OCC[Si](C)(C)C)c1cc2c(-c3ccnc(N4CCN(C(=O)O)[C@@H](C)C4)c3)n[nH]c2cc1F. The van der Waals surface area contributed by atoms with E-state index in [2.05, 4.69) is 39.7 Å². The van der Waals surface area contributed by atoms with Crippen molar-refractivity contribution in [2.45, 2.75) is 64.9 Å². The Morgan fingerprint density at radius 3 is 2.68 bits per heavy atom. The Bertz CT molecular complexity index is 1280. The van der Waals surface area contributed by atoms with Crippen LogP contribution < -0.4 is 4.90 Å². The fraction of sp³-hybridized carbons (Fsp3) is 0.519. The van der Waals surface area contributed by atoms with Gasteiger partial charge in [0.25, 0.3) is 0 Å². The number of H-pyrrole nitrogens is 1. The first-order chi connectivity index (χ1) is 17.9. The van der Waals surface area contributed by atoms with Gasteiger partial charge in [-0.25, -0.2) is 14.2 Å². The lowest BCUT2D eigenvalue weighted by Crippen LogP contribution is -2.53. The largest absolute Gasteiger partial charge is 0.465 e. The van der Waals surface area contributed by atoms with Crippen LogP contribution in [0.3, 0.4) is 0 Å². The quantitative estimate of drug-likeness (QED) is 0.262. The molecule has 1 unspecified atom stereocenters. The number of hydrogen-bond acceptors (Lipinski definition) is 6. The van der Waals surface area contributed by atoms with Crippen LogP contribution in [-0.2, 0) is 9.47 Å². The van der Waals surface area contributed by atoms with E-state index in [9.17, 15) is 9.90 Å². The minimum atomic E-state index is -1.33. The number of carbonyl (C=O) groups is 1. The number of anilines is 1. The average Bonchev–Trinajstić information content (AvgIpc) is 3.24. The van der Waals surface area contributed by atoms with Gasteiger partial charge in [0.05, 0.1) is 11.6 Å². The van der Waals surface area contributed by atoms with Crippen LogP contribution in [0, 0.1) is 5.82 Å². The zero-order chi connectivity index (χ0) is 27.6. The van der Waals surface area contributed by atoms with Crippen LogP contribution in [0.25, 0.3) is 22.2 Å². The highest BCUT2D eigenvalue weighted by atomic mass is 28.3. The summed E-state index contributed by atoms with van der Waals surface area (Å²) in [6, 6.07) is 7.81. The molecule has 11 heteroatoms. The van der Waals surface area contributed by atoms with E-state index in [4.69, 9.17) is 9.47 Å². The van der Waals surface area contributed by atoms with Gasteiger partial charge in [-0.3, -0.25) is 5.10 Å². The number of ether oxygens (including phenoxy) is 2. The molecule has 2 atom stereocenters. The van der Waals surface area contributed by atoms with E-state index in [-0.39, 0.29) is 12.1 Å². The van der Waals surface area contributed by atoms with E-state index < -0.39 is 26.3 Å². The predicted molar refractivity (Wildman–Crippen MR) is 149 cm³/mol. The highest BCUT2D eigenvalue weighted by Crippen LogP contribution is 2.34. The number of nitrogens with zero attached hydrogens (tertiary/aromatic N) is 4. The minimum Gasteiger partial charge on any atom is -0.465 e. The first-order valence-electron chi connectivity index (χ1n) is 13.1. The van der Waals surface area contributed by atoms with Crippen molar-refractivity contribution in [2.24, 2.45) is 0 Å². The Kier molecular flexibility index (Phi) is 8.39. The van der Waals surface area contributed by atoms with Crippen LogP contribution in [0.2, 0.25) is 25.7 Å². The number of nitrogens with one attached hydrogen (secondary N) is 1. The van der Waals surface area contributed by atoms with E-state index in [0.29, 0.717) is 43.0 Å². The highest BCUT2D eigenvalue weighted by molar-refractivity contribution is 6.76. The summed E-state index contributed by atoms with van der Waals surface area (Å²) in [4.78, 5) is 19.5. The zero-order valence-electron chi connectivity index (χ0n) is 23.0. The van der Waals surface area contributed by atoms with Gasteiger partial charge in [-0.05, 0) is 45.0 Å². The molecule has 0 bridgehead atoms. The molecule has 2 aromatic heterocycles. The molecule has 0 saturated carbocycles. The molecule has 38 heavy (non-hydrogen) atoms. The Morgan fingerprint density at radius 1 is 1.26 bits per heavy atom. The van der Waals surface area contributed by atoms with Gasteiger partial charge in [-0.2, -0.15) is 5.10 Å². The van der Waals surface area contributed by atoms with Gasteiger partial charge in [0.1, 0.15) is 17.3 Å². The number of benzene rings is 1. The fourth-order valence-electron chi connectivity index (χ4n) is 4.57. The predicted octanol–water partition coefficient (Wildman–Crippen LogP) is 5.73. The fourth-order valence-corrected chi connectivity index (χ4v) is 5.30. The lowest BCUT2D eigenvalue weighted by atomic mass is 10.0. The minimum absolute atomic E-state index is 0.141. The van der Waals surface area contributed by atoms with Gasteiger partial charge in [0.15, 0.2) is 6.29 Å². The number of fused-ring (bicyclic) bond motifs is 1. The molecule has 0 spiro atoms. The van der Waals surface area contributed by atoms with Crippen LogP contribution in [-0.4, -0.2) is 77.7 Å². The Hall–Kier alpha value is -3.02. The van der Waals surface area contributed by atoms with E-state index >= 15 is 4.39 Å². The standard InChI is InChI=1S/C27H38FN5O4Si/c1-17(2)37-26(36-11-12-38(4,5)6)20-14-21-23(15-22(20)28)30-31-25(21)19-7-8-29-24(13-19)32-9-10-33(27(34)35)18(3)16-32/h7-8,13-15,17-18,26H,9-12,16H2,1-6H3,(H,30,31)(H,34,35)/t18-,26?/m0/s1. The molecular weight excluding hydrogens is 505 g/mol. The number of halogens is 1. The van der Waals surface area contributed by atoms with Crippen molar-refractivity contribution in [3.05, 3.63) is 41.8 Å². The van der Waals surface area contributed by atoms with E-state index in [1.807, 2.05) is 32.9 Å². The summed E-state index contributed by atoms with van der Waals surface area (Å²) in [5.74, 6) is 0.334. The Morgan fingerprint density at radius 2 is 2.03 bits per heavy atom. The first kappa shape index (κ1) is 28.0. The summed E-state index contributed by atoms with van der Waals surface area (Å²) in [5, 5.41) is 17.6. The smallest absolute Gasteiger partial charge is 0.407 e. The van der Waals surface area contributed by atoms with Crippen molar-refractivity contribution >= 4 is 30.9 Å². The third kappa shape index (κ3) is 6.51. The molecule has 2 N–H and O–H groups in total. The van der Waals surface area contributed by atoms with Crippen molar-refractivity contribution in [1.82, 2.24) is 20.1 Å². The maximum atomic E-state index is 15.3. The molecule has 3 aromatic rings. The summed E-state index contributed by atoms with van der Waals surface area (Å²) >= 11 is 0. The molecule has 0 radical (unpaired) electrons. The number of piperazine rings is 1. The van der Waals surface area contributed by atoms with E-state index in [1.165, 1.54) is 11.0 Å². The molecule has 1 aromatic carbocycles. The zero-order valence-corrected chi connectivity index (χ0v) is 24.0. The van der Waals surface area contributed by atoms with Gasteiger partial charge in [0.2, 0.25) is 0 Å².